The number of carboxylic acid groups (broad SMARTS) is 1. The fourth-order valence-electron chi connectivity index (χ4n) is 2.02. The lowest BCUT2D eigenvalue weighted by atomic mass is 10.3. The zero-order valence-electron chi connectivity index (χ0n) is 10.8. The molecule has 0 fully saturated rings. The first-order valence-electron chi connectivity index (χ1n) is 6.16. The molecule has 0 saturated carbocycles. The van der Waals surface area contributed by atoms with E-state index in [1.165, 1.54) is 16.6 Å². The highest BCUT2D eigenvalue weighted by molar-refractivity contribution is 7.99. The van der Waals surface area contributed by atoms with Gasteiger partial charge in [0.1, 0.15) is 0 Å². The molecule has 0 atom stereocenters. The van der Waals surface area contributed by atoms with Gasteiger partial charge in [-0.2, -0.15) is 0 Å². The van der Waals surface area contributed by atoms with Gasteiger partial charge in [-0.25, -0.2) is 4.98 Å². The smallest absolute Gasteiger partial charge is 0.313 e. The number of aliphatic carboxylic acids is 1. The van der Waals surface area contributed by atoms with Gasteiger partial charge in [0.25, 0.3) is 0 Å². The molecule has 7 heteroatoms. The summed E-state index contributed by atoms with van der Waals surface area (Å²) in [5, 5.41) is 12.2. The number of benzene rings is 1. The minimum absolute atomic E-state index is 0.0124. The summed E-state index contributed by atoms with van der Waals surface area (Å²) in [6.07, 6.45) is 0. The summed E-state index contributed by atoms with van der Waals surface area (Å²) in [6.45, 7) is 0.663. The second-order valence-electron chi connectivity index (χ2n) is 4.38. The van der Waals surface area contributed by atoms with Crippen LogP contribution in [0.25, 0.3) is 11.0 Å². The van der Waals surface area contributed by atoms with Crippen molar-refractivity contribution in [1.82, 2.24) is 9.55 Å². The second-order valence-corrected chi connectivity index (χ2v) is 6.79. The van der Waals surface area contributed by atoms with Crippen LogP contribution in [0.2, 0.25) is 5.02 Å². The number of carboxylic acids is 1. The largest absolute Gasteiger partial charge is 0.481 e. The molecule has 0 saturated heterocycles. The van der Waals surface area contributed by atoms with Crippen molar-refractivity contribution in [3.05, 3.63) is 45.6 Å². The summed E-state index contributed by atoms with van der Waals surface area (Å²) >= 11 is 8.95. The van der Waals surface area contributed by atoms with Crippen LogP contribution in [-0.2, 0) is 11.3 Å². The first kappa shape index (κ1) is 14.4. The molecule has 4 nitrogen and oxygen atoms in total. The third-order valence-corrected chi connectivity index (χ3v) is 4.95. The number of thioether (sulfide) groups is 1. The van der Waals surface area contributed by atoms with Crippen molar-refractivity contribution in [3.63, 3.8) is 0 Å². The normalized spacial score (nSPS) is 11.1. The Morgan fingerprint density at radius 3 is 3.00 bits per heavy atom. The molecular formula is C14H11ClN2O2S2. The zero-order chi connectivity index (χ0) is 14.8. The number of hydrogen-bond donors (Lipinski definition) is 1. The van der Waals surface area contributed by atoms with E-state index in [0.717, 1.165) is 11.0 Å². The van der Waals surface area contributed by atoms with Gasteiger partial charge >= 0.3 is 5.97 Å². The van der Waals surface area contributed by atoms with Gasteiger partial charge in [-0.3, -0.25) is 4.79 Å². The van der Waals surface area contributed by atoms with Crippen molar-refractivity contribution in [2.24, 2.45) is 0 Å². The standard InChI is InChI=1S/C14H11ClN2O2S2/c15-9-3-4-11-12(6-9)17(7-10-2-1-5-20-10)14(16-11)21-8-13(18)19/h1-6H,7-8H2,(H,18,19). The third-order valence-electron chi connectivity index (χ3n) is 2.89. The van der Waals surface area contributed by atoms with Crippen LogP contribution >= 0.6 is 34.7 Å². The molecule has 1 aromatic carbocycles. The van der Waals surface area contributed by atoms with E-state index in [-0.39, 0.29) is 5.75 Å². The molecule has 0 amide bonds. The number of nitrogens with zero attached hydrogens (tertiary/aromatic N) is 2. The molecule has 21 heavy (non-hydrogen) atoms. The summed E-state index contributed by atoms with van der Waals surface area (Å²) < 4.78 is 2.01. The van der Waals surface area contributed by atoms with Crippen molar-refractivity contribution < 1.29 is 9.90 Å². The quantitative estimate of drug-likeness (QED) is 0.715. The average molecular weight is 339 g/mol. The van der Waals surface area contributed by atoms with Gasteiger partial charge in [-0.1, -0.05) is 29.4 Å². The van der Waals surface area contributed by atoms with Gasteiger partial charge in [0.05, 0.1) is 23.3 Å². The first-order chi connectivity index (χ1) is 10.1. The maximum Gasteiger partial charge on any atom is 0.313 e. The zero-order valence-corrected chi connectivity index (χ0v) is 13.2. The van der Waals surface area contributed by atoms with Gasteiger partial charge < -0.3 is 9.67 Å². The van der Waals surface area contributed by atoms with E-state index in [1.54, 1.807) is 17.4 Å². The molecule has 0 aliphatic heterocycles. The van der Waals surface area contributed by atoms with E-state index >= 15 is 0 Å². The Balaban J connectivity index is 2.04. The molecule has 0 radical (unpaired) electrons. The number of fused-ring (bicyclic) bond motifs is 1. The molecular weight excluding hydrogens is 328 g/mol. The molecule has 3 aromatic rings. The Hall–Kier alpha value is -1.50. The van der Waals surface area contributed by atoms with Crippen molar-refractivity contribution in [1.29, 1.82) is 0 Å². The summed E-state index contributed by atoms with van der Waals surface area (Å²) in [6, 6.07) is 9.55. The molecule has 0 spiro atoms. The average Bonchev–Trinajstić information content (AvgIpc) is 3.06. The van der Waals surface area contributed by atoms with E-state index in [4.69, 9.17) is 16.7 Å². The predicted octanol–water partition coefficient (Wildman–Crippen LogP) is 3.98. The van der Waals surface area contributed by atoms with Gasteiger partial charge in [-0.15, -0.1) is 11.3 Å². The van der Waals surface area contributed by atoms with Crippen molar-refractivity contribution in [3.8, 4) is 0 Å². The number of aromatic nitrogens is 2. The van der Waals surface area contributed by atoms with Crippen LogP contribution in [0.4, 0.5) is 0 Å². The van der Waals surface area contributed by atoms with E-state index in [0.29, 0.717) is 16.7 Å². The van der Waals surface area contributed by atoms with Crippen LogP contribution in [0.1, 0.15) is 4.88 Å². The fraction of sp³-hybridized carbons (Fsp3) is 0.143. The number of halogens is 1. The van der Waals surface area contributed by atoms with E-state index < -0.39 is 5.97 Å². The Bertz CT molecular complexity index is 784. The highest BCUT2D eigenvalue weighted by atomic mass is 35.5. The van der Waals surface area contributed by atoms with Crippen molar-refractivity contribution in [2.45, 2.75) is 11.7 Å². The molecule has 0 bridgehead atoms. The Kier molecular flexibility index (Phi) is 4.19. The topological polar surface area (TPSA) is 55.1 Å². The lowest BCUT2D eigenvalue weighted by Gasteiger charge is -2.07. The molecule has 1 N–H and O–H groups in total. The van der Waals surface area contributed by atoms with Gasteiger partial charge in [0.2, 0.25) is 0 Å². The summed E-state index contributed by atoms with van der Waals surface area (Å²) in [5.41, 5.74) is 1.74. The molecule has 2 aromatic heterocycles. The van der Waals surface area contributed by atoms with Gasteiger partial charge in [0.15, 0.2) is 5.16 Å². The summed E-state index contributed by atoms with van der Waals surface area (Å²) in [4.78, 5) is 16.5. The van der Waals surface area contributed by atoms with Crippen LogP contribution in [0.3, 0.4) is 0 Å². The Labute approximate surface area is 134 Å². The van der Waals surface area contributed by atoms with Gasteiger partial charge in [-0.05, 0) is 29.6 Å². The molecule has 0 unspecified atom stereocenters. The molecule has 0 aliphatic carbocycles. The maximum absolute atomic E-state index is 10.8. The monoisotopic (exact) mass is 338 g/mol. The number of thiophene rings is 1. The molecule has 3 rings (SSSR count). The molecule has 108 valence electrons. The third kappa shape index (κ3) is 3.23. The van der Waals surface area contributed by atoms with Crippen molar-refractivity contribution >= 4 is 51.7 Å². The van der Waals surface area contributed by atoms with Gasteiger partial charge in [0, 0.05) is 9.90 Å². The molecule has 0 aliphatic rings. The second kappa shape index (κ2) is 6.09. The summed E-state index contributed by atoms with van der Waals surface area (Å²) in [7, 11) is 0. The highest BCUT2D eigenvalue weighted by Crippen LogP contribution is 2.28. The maximum atomic E-state index is 10.8. The van der Waals surface area contributed by atoms with Crippen LogP contribution < -0.4 is 0 Å². The number of hydrogen-bond acceptors (Lipinski definition) is 4. The SMILES string of the molecule is O=C(O)CSc1nc2ccc(Cl)cc2n1Cc1cccs1. The number of carbonyl (C=O) groups is 1. The van der Waals surface area contributed by atoms with Crippen molar-refractivity contribution in [2.75, 3.05) is 5.75 Å². The number of rotatable bonds is 5. The minimum Gasteiger partial charge on any atom is -0.481 e. The fourth-order valence-corrected chi connectivity index (χ4v) is 3.61. The van der Waals surface area contributed by atoms with Crippen LogP contribution in [0, 0.1) is 0 Å². The Morgan fingerprint density at radius 1 is 1.43 bits per heavy atom. The highest BCUT2D eigenvalue weighted by Gasteiger charge is 2.14. The number of imidazole rings is 1. The van der Waals surface area contributed by atoms with Crippen LogP contribution in [0.15, 0.2) is 40.9 Å². The summed E-state index contributed by atoms with van der Waals surface area (Å²) in [5.74, 6) is -0.866. The molecule has 2 heterocycles. The van der Waals surface area contributed by atoms with E-state index in [9.17, 15) is 4.79 Å². The van der Waals surface area contributed by atoms with Crippen LogP contribution in [0.5, 0.6) is 0 Å². The van der Waals surface area contributed by atoms with E-state index in [2.05, 4.69) is 4.98 Å². The van der Waals surface area contributed by atoms with Crippen LogP contribution in [-0.4, -0.2) is 26.4 Å². The lowest BCUT2D eigenvalue weighted by molar-refractivity contribution is -0.133. The first-order valence-corrected chi connectivity index (χ1v) is 8.40. The minimum atomic E-state index is -0.854. The van der Waals surface area contributed by atoms with E-state index in [1.807, 2.05) is 34.2 Å². The lowest BCUT2D eigenvalue weighted by Crippen LogP contribution is -2.03. The predicted molar refractivity (Wildman–Crippen MR) is 86.5 cm³/mol. The Morgan fingerprint density at radius 2 is 2.29 bits per heavy atom.